The van der Waals surface area contributed by atoms with Crippen LogP contribution in [-0.2, 0) is 24.6 Å². The number of aromatic nitrogens is 1. The highest BCUT2D eigenvalue weighted by Crippen LogP contribution is 2.40. The van der Waals surface area contributed by atoms with Gasteiger partial charge in [0.05, 0.1) is 37.7 Å². The standard InChI is InChI=1S/C19H22F2N2O6/c1-2-29-19(28)17-16(18(20)21)15(14(23-17)5-22-9-27)11-4-3-10(6-24)12(7-25)13(11)8-26/h3-5,18,23-27H,2,6-9H2,1H3/b22-5+. The maximum absolute atomic E-state index is 14.0. The van der Waals surface area contributed by atoms with Crippen molar-refractivity contribution in [2.24, 2.45) is 4.99 Å². The van der Waals surface area contributed by atoms with Crippen molar-refractivity contribution < 1.29 is 38.7 Å². The van der Waals surface area contributed by atoms with E-state index < -0.39 is 50.2 Å². The molecule has 0 bridgehead atoms. The first-order valence-corrected chi connectivity index (χ1v) is 8.73. The Bertz CT molecular complexity index is 895. The molecule has 0 radical (unpaired) electrons. The van der Waals surface area contributed by atoms with Crippen LogP contribution >= 0.6 is 0 Å². The van der Waals surface area contributed by atoms with Gasteiger partial charge in [-0.1, -0.05) is 12.1 Å². The van der Waals surface area contributed by atoms with Crippen LogP contribution in [0, 0.1) is 0 Å². The zero-order valence-electron chi connectivity index (χ0n) is 15.7. The molecular weight excluding hydrogens is 390 g/mol. The van der Waals surface area contributed by atoms with Gasteiger partial charge in [-0.25, -0.2) is 13.6 Å². The Hall–Kier alpha value is -2.66. The Morgan fingerprint density at radius 1 is 1.17 bits per heavy atom. The van der Waals surface area contributed by atoms with Crippen molar-refractivity contribution >= 4 is 12.2 Å². The largest absolute Gasteiger partial charge is 0.461 e. The summed E-state index contributed by atoms with van der Waals surface area (Å²) >= 11 is 0. The smallest absolute Gasteiger partial charge is 0.355 e. The fraction of sp³-hybridized carbons (Fsp3) is 0.368. The number of carbonyl (C=O) groups is 1. The van der Waals surface area contributed by atoms with Crippen LogP contribution in [0.4, 0.5) is 8.78 Å². The number of aliphatic hydroxyl groups excluding tert-OH is 4. The number of hydrogen-bond donors (Lipinski definition) is 5. The summed E-state index contributed by atoms with van der Waals surface area (Å²) in [6, 6.07) is 2.83. The molecule has 0 aliphatic carbocycles. The molecule has 0 spiro atoms. The minimum Gasteiger partial charge on any atom is -0.461 e. The maximum atomic E-state index is 14.0. The van der Waals surface area contributed by atoms with Crippen LogP contribution in [0.1, 0.15) is 51.8 Å². The second kappa shape index (κ2) is 10.2. The van der Waals surface area contributed by atoms with Gasteiger partial charge in [-0.15, -0.1) is 0 Å². The van der Waals surface area contributed by atoms with Crippen LogP contribution in [0.2, 0.25) is 0 Å². The van der Waals surface area contributed by atoms with Gasteiger partial charge in [-0.05, 0) is 29.2 Å². The number of H-pyrrole nitrogens is 1. The highest BCUT2D eigenvalue weighted by Gasteiger charge is 2.30. The monoisotopic (exact) mass is 412 g/mol. The van der Waals surface area contributed by atoms with E-state index in [2.05, 4.69) is 9.98 Å². The van der Waals surface area contributed by atoms with Crippen LogP contribution in [0.15, 0.2) is 17.1 Å². The fourth-order valence-corrected chi connectivity index (χ4v) is 3.14. The summed E-state index contributed by atoms with van der Waals surface area (Å²) < 4.78 is 32.8. The summed E-state index contributed by atoms with van der Waals surface area (Å²) in [6.07, 6.45) is -2.00. The second-order valence-corrected chi connectivity index (χ2v) is 5.88. The van der Waals surface area contributed by atoms with Crippen molar-refractivity contribution in [1.82, 2.24) is 4.98 Å². The van der Waals surface area contributed by atoms with Crippen molar-refractivity contribution in [3.05, 3.63) is 45.8 Å². The van der Waals surface area contributed by atoms with Gasteiger partial charge >= 0.3 is 5.97 Å². The van der Waals surface area contributed by atoms with E-state index in [1.54, 1.807) is 0 Å². The normalized spacial score (nSPS) is 11.6. The average Bonchev–Trinajstić information content (AvgIpc) is 3.10. The number of esters is 1. The van der Waals surface area contributed by atoms with E-state index in [0.29, 0.717) is 5.56 Å². The van der Waals surface area contributed by atoms with Crippen LogP contribution in [0.25, 0.3) is 11.1 Å². The molecule has 8 nitrogen and oxygen atoms in total. The van der Waals surface area contributed by atoms with Gasteiger partial charge in [0.2, 0.25) is 0 Å². The van der Waals surface area contributed by atoms with Crippen molar-refractivity contribution in [3.63, 3.8) is 0 Å². The second-order valence-electron chi connectivity index (χ2n) is 5.88. The van der Waals surface area contributed by atoms with Gasteiger partial charge in [-0.2, -0.15) is 0 Å². The first-order chi connectivity index (χ1) is 13.9. The van der Waals surface area contributed by atoms with Crippen molar-refractivity contribution in [2.75, 3.05) is 13.3 Å². The number of ether oxygens (including phenoxy) is 1. The Balaban J connectivity index is 2.89. The average molecular weight is 412 g/mol. The molecule has 2 rings (SSSR count). The SMILES string of the molecule is CCOC(=O)c1[nH]c(/C=N/CO)c(-c2ccc(CO)c(CO)c2CO)c1C(F)F. The van der Waals surface area contributed by atoms with Crippen molar-refractivity contribution in [3.8, 4) is 11.1 Å². The molecule has 1 aromatic carbocycles. The number of aromatic amines is 1. The van der Waals surface area contributed by atoms with Crippen molar-refractivity contribution in [2.45, 2.75) is 33.2 Å². The van der Waals surface area contributed by atoms with E-state index in [4.69, 9.17) is 9.84 Å². The lowest BCUT2D eigenvalue weighted by atomic mass is 9.90. The number of alkyl halides is 2. The third-order valence-corrected chi connectivity index (χ3v) is 4.35. The van der Waals surface area contributed by atoms with Crippen LogP contribution in [0.5, 0.6) is 0 Å². The van der Waals surface area contributed by atoms with E-state index in [1.165, 1.54) is 19.1 Å². The third-order valence-electron chi connectivity index (χ3n) is 4.35. The predicted octanol–water partition coefficient (Wildman–Crippen LogP) is 1.64. The fourth-order valence-electron chi connectivity index (χ4n) is 3.14. The molecule has 0 saturated heterocycles. The van der Waals surface area contributed by atoms with Gasteiger partial charge in [0, 0.05) is 11.8 Å². The minimum atomic E-state index is -3.08. The molecule has 0 atom stereocenters. The highest BCUT2D eigenvalue weighted by atomic mass is 19.3. The van der Waals surface area contributed by atoms with Crippen LogP contribution in [0.3, 0.4) is 0 Å². The van der Waals surface area contributed by atoms with E-state index in [1.807, 2.05) is 0 Å². The summed E-state index contributed by atoms with van der Waals surface area (Å²) in [5.74, 6) is -0.993. The molecule has 0 fully saturated rings. The lowest BCUT2D eigenvalue weighted by Crippen LogP contribution is -2.09. The summed E-state index contributed by atoms with van der Waals surface area (Å²) in [7, 11) is 0. The minimum absolute atomic E-state index is 0.00672. The number of benzene rings is 1. The van der Waals surface area contributed by atoms with Gasteiger partial charge in [0.25, 0.3) is 6.43 Å². The lowest BCUT2D eigenvalue weighted by molar-refractivity contribution is 0.0509. The molecule has 10 heteroatoms. The van der Waals surface area contributed by atoms with Gasteiger partial charge in [0.1, 0.15) is 12.4 Å². The first kappa shape index (κ1) is 22.6. The van der Waals surface area contributed by atoms with E-state index in [9.17, 15) is 28.9 Å². The van der Waals surface area contributed by atoms with Crippen molar-refractivity contribution in [1.29, 1.82) is 0 Å². The Kier molecular flexibility index (Phi) is 7.97. The number of nitrogens with one attached hydrogen (secondary N) is 1. The molecular formula is C19H22F2N2O6. The Labute approximate surface area is 165 Å². The molecule has 1 aromatic heterocycles. The number of aliphatic hydroxyl groups is 4. The molecule has 5 N–H and O–H groups in total. The zero-order valence-corrected chi connectivity index (χ0v) is 15.7. The molecule has 0 aliphatic rings. The molecule has 0 unspecified atom stereocenters. The molecule has 1 heterocycles. The molecule has 2 aromatic rings. The zero-order chi connectivity index (χ0) is 21.6. The van der Waals surface area contributed by atoms with E-state index in [-0.39, 0.29) is 34.6 Å². The number of rotatable bonds is 9. The quantitative estimate of drug-likeness (QED) is 0.314. The summed E-state index contributed by atoms with van der Waals surface area (Å²) in [5, 5.41) is 37.9. The first-order valence-electron chi connectivity index (χ1n) is 8.73. The highest BCUT2D eigenvalue weighted by molar-refractivity contribution is 5.99. The van der Waals surface area contributed by atoms with Crippen LogP contribution in [-0.4, -0.2) is 50.9 Å². The van der Waals surface area contributed by atoms with Gasteiger partial charge < -0.3 is 30.1 Å². The number of carbonyl (C=O) groups excluding carboxylic acids is 1. The molecule has 0 saturated carbocycles. The molecule has 158 valence electrons. The maximum Gasteiger partial charge on any atom is 0.355 e. The molecule has 29 heavy (non-hydrogen) atoms. The summed E-state index contributed by atoms with van der Waals surface area (Å²) in [6.45, 7) is -0.696. The van der Waals surface area contributed by atoms with Crippen LogP contribution < -0.4 is 0 Å². The predicted molar refractivity (Wildman–Crippen MR) is 99.6 cm³/mol. The van der Waals surface area contributed by atoms with Gasteiger partial charge in [0.15, 0.2) is 0 Å². The number of aliphatic imine (C=N–C) groups is 1. The third kappa shape index (κ3) is 4.51. The number of hydrogen-bond acceptors (Lipinski definition) is 7. The Morgan fingerprint density at radius 2 is 1.86 bits per heavy atom. The van der Waals surface area contributed by atoms with E-state index in [0.717, 1.165) is 6.21 Å². The number of halogens is 2. The molecule has 0 aliphatic heterocycles. The lowest BCUT2D eigenvalue weighted by Gasteiger charge is -2.17. The topological polar surface area (TPSA) is 135 Å². The molecule has 0 amide bonds. The van der Waals surface area contributed by atoms with Gasteiger partial charge in [-0.3, -0.25) is 4.99 Å². The summed E-state index contributed by atoms with van der Waals surface area (Å²) in [4.78, 5) is 18.4. The number of nitrogens with zero attached hydrogens (tertiary/aromatic N) is 1. The Morgan fingerprint density at radius 3 is 2.38 bits per heavy atom. The van der Waals surface area contributed by atoms with E-state index >= 15 is 0 Å². The summed E-state index contributed by atoms with van der Waals surface area (Å²) in [5.41, 5.74) is -0.502.